The number of benzene rings is 2. The van der Waals surface area contributed by atoms with Gasteiger partial charge in [-0.3, -0.25) is 24.5 Å². The number of hydrazine groups is 1. The van der Waals surface area contributed by atoms with Crippen molar-refractivity contribution in [3.05, 3.63) is 76.4 Å². The number of non-ortho nitro benzene ring substituents is 1. The molecule has 0 spiro atoms. The van der Waals surface area contributed by atoms with Crippen LogP contribution < -0.4 is 10.4 Å². The number of nitro groups is 1. The molecule has 2 aromatic rings. The number of nitrogens with one attached hydrogen (secondary N) is 1. The standard InChI is InChI=1S/C20H17N3O8/c1-2-31-20(28)18(26)21-22(14-8-10-15(11-9-14)23(29)30)19(27)17(25)12-16(24)13-6-4-3-5-7-13/h3-12,24H,2H2,1H3,(H,21,26). The van der Waals surface area contributed by atoms with Crippen LogP contribution in [0.5, 0.6) is 0 Å². The first-order valence-corrected chi connectivity index (χ1v) is 8.81. The van der Waals surface area contributed by atoms with Crippen LogP contribution in [-0.4, -0.2) is 40.2 Å². The summed E-state index contributed by atoms with van der Waals surface area (Å²) in [5, 5.41) is 21.3. The van der Waals surface area contributed by atoms with Gasteiger partial charge in [-0.15, -0.1) is 0 Å². The van der Waals surface area contributed by atoms with Crippen LogP contribution in [-0.2, 0) is 23.9 Å². The molecule has 2 N–H and O–H groups in total. The van der Waals surface area contributed by atoms with Gasteiger partial charge in [0.1, 0.15) is 5.76 Å². The van der Waals surface area contributed by atoms with Crippen molar-refractivity contribution in [3.63, 3.8) is 0 Å². The third kappa shape index (κ3) is 5.97. The number of carbonyl (C=O) groups is 4. The normalized spacial score (nSPS) is 10.7. The van der Waals surface area contributed by atoms with Crippen molar-refractivity contribution in [2.24, 2.45) is 0 Å². The van der Waals surface area contributed by atoms with Crippen LogP contribution in [0.25, 0.3) is 5.76 Å². The van der Waals surface area contributed by atoms with E-state index in [0.29, 0.717) is 11.1 Å². The molecule has 0 heterocycles. The van der Waals surface area contributed by atoms with Crippen LogP contribution in [0.2, 0.25) is 0 Å². The highest BCUT2D eigenvalue weighted by atomic mass is 16.6. The largest absolute Gasteiger partial charge is 0.507 e. The molecule has 0 radical (unpaired) electrons. The molecule has 0 fully saturated rings. The van der Waals surface area contributed by atoms with E-state index in [1.165, 1.54) is 19.1 Å². The average molecular weight is 427 g/mol. The highest BCUT2D eigenvalue weighted by Gasteiger charge is 2.28. The number of ketones is 1. The number of esters is 1. The SMILES string of the molecule is CCOC(=O)C(=O)NN(C(=O)C(=O)C=C(O)c1ccccc1)c1ccc([N+](=O)[O-])cc1. The van der Waals surface area contributed by atoms with Gasteiger partial charge in [-0.05, 0) is 19.1 Å². The second kappa shape index (κ2) is 10.3. The first kappa shape index (κ1) is 22.7. The summed E-state index contributed by atoms with van der Waals surface area (Å²) in [5.41, 5.74) is 1.74. The van der Waals surface area contributed by atoms with Gasteiger partial charge in [0.25, 0.3) is 5.69 Å². The van der Waals surface area contributed by atoms with Crippen molar-refractivity contribution in [2.75, 3.05) is 11.6 Å². The van der Waals surface area contributed by atoms with Crippen LogP contribution in [0.15, 0.2) is 60.7 Å². The number of aliphatic hydroxyl groups is 1. The van der Waals surface area contributed by atoms with E-state index in [1.54, 1.807) is 18.2 Å². The van der Waals surface area contributed by atoms with Gasteiger partial charge in [0.2, 0.25) is 5.78 Å². The molecule has 2 rings (SSSR count). The number of anilines is 1. The number of nitrogens with zero attached hydrogens (tertiary/aromatic N) is 2. The Labute approximate surface area is 175 Å². The lowest BCUT2D eigenvalue weighted by Gasteiger charge is -2.21. The maximum absolute atomic E-state index is 12.7. The lowest BCUT2D eigenvalue weighted by atomic mass is 10.1. The minimum absolute atomic E-state index is 0.107. The van der Waals surface area contributed by atoms with Crippen molar-refractivity contribution in [1.29, 1.82) is 0 Å². The summed E-state index contributed by atoms with van der Waals surface area (Å²) in [6, 6.07) is 12.2. The van der Waals surface area contributed by atoms with Crippen LogP contribution in [0.3, 0.4) is 0 Å². The van der Waals surface area contributed by atoms with E-state index in [0.717, 1.165) is 24.3 Å². The molecule has 160 valence electrons. The van der Waals surface area contributed by atoms with Crippen molar-refractivity contribution in [3.8, 4) is 0 Å². The minimum Gasteiger partial charge on any atom is -0.507 e. The maximum Gasteiger partial charge on any atom is 0.398 e. The Morgan fingerprint density at radius 2 is 1.71 bits per heavy atom. The molecule has 0 saturated heterocycles. The Kier molecular flexibility index (Phi) is 7.56. The third-order valence-corrected chi connectivity index (χ3v) is 3.74. The number of amides is 2. The molecule has 2 amide bonds. The van der Waals surface area contributed by atoms with E-state index in [1.807, 2.05) is 5.43 Å². The van der Waals surface area contributed by atoms with E-state index in [2.05, 4.69) is 4.74 Å². The van der Waals surface area contributed by atoms with E-state index in [-0.39, 0.29) is 23.5 Å². The summed E-state index contributed by atoms with van der Waals surface area (Å²) in [6.07, 6.45) is 0.645. The number of aliphatic hydroxyl groups excluding tert-OH is 1. The molecule has 11 heteroatoms. The van der Waals surface area contributed by atoms with Crippen molar-refractivity contribution < 1.29 is 33.9 Å². The first-order valence-electron chi connectivity index (χ1n) is 8.81. The summed E-state index contributed by atoms with van der Waals surface area (Å²) in [7, 11) is 0. The fourth-order valence-corrected chi connectivity index (χ4v) is 2.29. The summed E-state index contributed by atoms with van der Waals surface area (Å²) in [5.74, 6) is -5.73. The molecular formula is C20H17N3O8. The van der Waals surface area contributed by atoms with E-state index in [9.17, 15) is 34.4 Å². The Bertz CT molecular complexity index is 1030. The zero-order chi connectivity index (χ0) is 23.0. The van der Waals surface area contributed by atoms with Crippen LogP contribution >= 0.6 is 0 Å². The molecule has 0 aliphatic heterocycles. The monoisotopic (exact) mass is 427 g/mol. The van der Waals surface area contributed by atoms with Gasteiger partial charge in [-0.1, -0.05) is 30.3 Å². The summed E-state index contributed by atoms with van der Waals surface area (Å²) < 4.78 is 4.54. The molecule has 11 nitrogen and oxygen atoms in total. The van der Waals surface area contributed by atoms with Gasteiger partial charge < -0.3 is 9.84 Å². The molecular weight excluding hydrogens is 410 g/mol. The van der Waals surface area contributed by atoms with Crippen molar-refractivity contribution in [2.45, 2.75) is 6.92 Å². The second-order valence-electron chi connectivity index (χ2n) is 5.84. The molecule has 0 atom stereocenters. The number of nitro benzene ring substituents is 1. The molecule has 0 aromatic heterocycles. The summed E-state index contributed by atoms with van der Waals surface area (Å²) >= 11 is 0. The van der Waals surface area contributed by atoms with E-state index >= 15 is 0 Å². The lowest BCUT2D eigenvalue weighted by Crippen LogP contribution is -2.51. The zero-order valence-corrected chi connectivity index (χ0v) is 16.2. The number of rotatable bonds is 6. The Morgan fingerprint density at radius 3 is 2.26 bits per heavy atom. The second-order valence-corrected chi connectivity index (χ2v) is 5.84. The van der Waals surface area contributed by atoms with Crippen LogP contribution in [0.1, 0.15) is 12.5 Å². The highest BCUT2D eigenvalue weighted by Crippen LogP contribution is 2.19. The van der Waals surface area contributed by atoms with Gasteiger partial charge >= 0.3 is 17.8 Å². The number of hydrogen-bond acceptors (Lipinski definition) is 8. The van der Waals surface area contributed by atoms with Crippen molar-refractivity contribution in [1.82, 2.24) is 5.43 Å². The predicted octanol–water partition coefficient (Wildman–Crippen LogP) is 1.69. The Morgan fingerprint density at radius 1 is 1.10 bits per heavy atom. The van der Waals surface area contributed by atoms with Crippen LogP contribution in [0, 0.1) is 10.1 Å². The maximum atomic E-state index is 12.7. The smallest absolute Gasteiger partial charge is 0.398 e. The van der Waals surface area contributed by atoms with Gasteiger partial charge in [-0.2, -0.15) is 0 Å². The van der Waals surface area contributed by atoms with Crippen molar-refractivity contribution >= 4 is 40.7 Å². The number of hydrogen-bond donors (Lipinski definition) is 2. The van der Waals surface area contributed by atoms with E-state index in [4.69, 9.17) is 0 Å². The first-order chi connectivity index (χ1) is 14.7. The topological polar surface area (TPSA) is 156 Å². The van der Waals surface area contributed by atoms with Gasteiger partial charge in [0, 0.05) is 23.8 Å². The quantitative estimate of drug-likeness (QED) is 0.176. The molecule has 2 aromatic carbocycles. The Balaban J connectivity index is 2.34. The van der Waals surface area contributed by atoms with Gasteiger partial charge in [-0.25, -0.2) is 15.2 Å². The van der Waals surface area contributed by atoms with Gasteiger partial charge in [0.15, 0.2) is 0 Å². The van der Waals surface area contributed by atoms with E-state index < -0.39 is 34.2 Å². The molecule has 0 unspecified atom stereocenters. The lowest BCUT2D eigenvalue weighted by molar-refractivity contribution is -0.384. The number of ether oxygens (including phenoxy) is 1. The summed E-state index contributed by atoms with van der Waals surface area (Å²) in [4.78, 5) is 58.8. The third-order valence-electron chi connectivity index (χ3n) is 3.74. The molecule has 31 heavy (non-hydrogen) atoms. The average Bonchev–Trinajstić information content (AvgIpc) is 2.77. The predicted molar refractivity (Wildman–Crippen MR) is 107 cm³/mol. The fraction of sp³-hybridized carbons (Fsp3) is 0.100. The fourth-order valence-electron chi connectivity index (χ4n) is 2.29. The van der Waals surface area contributed by atoms with Crippen LogP contribution in [0.4, 0.5) is 11.4 Å². The highest BCUT2D eigenvalue weighted by molar-refractivity contribution is 6.46. The minimum atomic E-state index is -1.35. The Hall–Kier alpha value is -4.54. The van der Waals surface area contributed by atoms with Gasteiger partial charge in [0.05, 0.1) is 17.2 Å². The summed E-state index contributed by atoms with van der Waals surface area (Å²) in [6.45, 7) is 1.36. The molecule has 0 bridgehead atoms. The molecule has 0 aliphatic carbocycles. The zero-order valence-electron chi connectivity index (χ0n) is 16.2. The molecule has 0 aliphatic rings. The molecule has 0 saturated carbocycles. The number of carbonyl (C=O) groups excluding carboxylic acids is 4.